The normalized spacial score (nSPS) is 10.6. The smallest absolute Gasteiger partial charge is 0.268 e. The third-order valence-corrected chi connectivity index (χ3v) is 3.58. The lowest BCUT2D eigenvalue weighted by Gasteiger charge is -2.06. The van der Waals surface area contributed by atoms with Gasteiger partial charge in [-0.2, -0.15) is 0 Å². The molecule has 2 aromatic rings. The van der Waals surface area contributed by atoms with Crippen LogP contribution in [0.15, 0.2) is 35.7 Å². The Morgan fingerprint density at radius 2 is 2.05 bits per heavy atom. The van der Waals surface area contributed by atoms with Crippen LogP contribution in [-0.2, 0) is 4.79 Å². The summed E-state index contributed by atoms with van der Waals surface area (Å²) in [5, 5.41) is 3.07. The first-order chi connectivity index (χ1) is 10.1. The minimum atomic E-state index is -0.480. The van der Waals surface area contributed by atoms with Gasteiger partial charge < -0.3 is 0 Å². The Morgan fingerprint density at radius 1 is 1.29 bits per heavy atom. The van der Waals surface area contributed by atoms with Crippen LogP contribution < -0.4 is 10.9 Å². The molecule has 0 aliphatic heterocycles. The molecule has 0 fully saturated rings. The van der Waals surface area contributed by atoms with Crippen LogP contribution in [0.3, 0.4) is 0 Å². The van der Waals surface area contributed by atoms with Crippen LogP contribution in [0.4, 0.5) is 0 Å². The van der Waals surface area contributed by atoms with Gasteiger partial charge >= 0.3 is 0 Å². The molecule has 2 amide bonds. The number of hydrogen-bond donors (Lipinski definition) is 2. The Balaban J connectivity index is 1.88. The van der Waals surface area contributed by atoms with Gasteiger partial charge in [-0.3, -0.25) is 20.4 Å². The van der Waals surface area contributed by atoms with Crippen LogP contribution in [-0.4, -0.2) is 16.8 Å². The number of nitrogens with zero attached hydrogens (tertiary/aromatic N) is 1. The molecule has 0 bridgehead atoms. The van der Waals surface area contributed by atoms with E-state index in [0.29, 0.717) is 16.3 Å². The molecule has 108 valence electrons. The van der Waals surface area contributed by atoms with E-state index in [0.717, 1.165) is 5.01 Å². The predicted octanol–water partition coefficient (Wildman–Crippen LogP) is 2.58. The lowest BCUT2D eigenvalue weighted by atomic mass is 10.2. The Morgan fingerprint density at radius 3 is 2.71 bits per heavy atom. The number of rotatable bonds is 3. The first-order valence-electron chi connectivity index (χ1n) is 6.01. The standard InChI is InChI=1S/C14H12ClN3O2S/c1-9-16-10(8-21-9)6-7-13(19)17-18-14(20)11-4-2-3-5-12(11)15/h2-8H,1H3,(H,17,19)(H,18,20)/b7-6+. The van der Waals surface area contributed by atoms with E-state index in [9.17, 15) is 9.59 Å². The first kappa shape index (κ1) is 15.2. The number of halogens is 1. The summed E-state index contributed by atoms with van der Waals surface area (Å²) in [4.78, 5) is 27.6. The lowest BCUT2D eigenvalue weighted by Crippen LogP contribution is -2.40. The van der Waals surface area contributed by atoms with Crippen molar-refractivity contribution < 1.29 is 9.59 Å². The number of aromatic nitrogens is 1. The number of carbonyl (C=O) groups excluding carboxylic acids is 2. The number of amides is 2. The van der Waals surface area contributed by atoms with Gasteiger partial charge in [0.05, 0.1) is 21.3 Å². The summed E-state index contributed by atoms with van der Waals surface area (Å²) in [5.74, 6) is -0.937. The Bertz CT molecular complexity index is 697. The van der Waals surface area contributed by atoms with Crippen LogP contribution in [0.1, 0.15) is 21.1 Å². The number of nitrogens with one attached hydrogen (secondary N) is 2. The third-order valence-electron chi connectivity index (χ3n) is 2.46. The molecule has 0 atom stereocenters. The van der Waals surface area contributed by atoms with Gasteiger partial charge in [0.25, 0.3) is 11.8 Å². The van der Waals surface area contributed by atoms with Gasteiger partial charge in [-0.05, 0) is 25.1 Å². The molecule has 0 aliphatic carbocycles. The maximum Gasteiger partial charge on any atom is 0.271 e. The van der Waals surface area contributed by atoms with Crippen molar-refractivity contribution in [1.29, 1.82) is 0 Å². The second kappa shape index (κ2) is 7.01. The van der Waals surface area contributed by atoms with Crippen LogP contribution in [0.2, 0.25) is 5.02 Å². The average molecular weight is 322 g/mol. The molecule has 2 rings (SSSR count). The fourth-order valence-electron chi connectivity index (χ4n) is 1.49. The molecule has 0 aliphatic rings. The molecule has 2 N–H and O–H groups in total. The summed E-state index contributed by atoms with van der Waals surface area (Å²) in [7, 11) is 0. The van der Waals surface area contributed by atoms with E-state index in [1.807, 2.05) is 12.3 Å². The topological polar surface area (TPSA) is 71.1 Å². The molecule has 21 heavy (non-hydrogen) atoms. The van der Waals surface area contributed by atoms with Crippen LogP contribution >= 0.6 is 22.9 Å². The molecule has 0 saturated heterocycles. The largest absolute Gasteiger partial charge is 0.271 e. The van der Waals surface area contributed by atoms with E-state index in [1.165, 1.54) is 17.4 Å². The fourth-order valence-corrected chi connectivity index (χ4v) is 2.29. The number of hydrogen-bond acceptors (Lipinski definition) is 4. The van der Waals surface area contributed by atoms with Crippen LogP contribution in [0, 0.1) is 6.92 Å². The second-order valence-electron chi connectivity index (χ2n) is 4.05. The Kier molecular flexibility index (Phi) is 5.08. The molecular formula is C14H12ClN3O2S. The summed E-state index contributed by atoms with van der Waals surface area (Å²) >= 11 is 7.38. The molecule has 0 saturated carbocycles. The Labute approximate surface area is 130 Å². The summed E-state index contributed by atoms with van der Waals surface area (Å²) < 4.78 is 0. The van der Waals surface area contributed by atoms with Crippen molar-refractivity contribution in [2.24, 2.45) is 0 Å². The van der Waals surface area contributed by atoms with Gasteiger partial charge in [-0.25, -0.2) is 4.98 Å². The van der Waals surface area contributed by atoms with E-state index in [-0.39, 0.29) is 0 Å². The molecule has 1 aromatic heterocycles. The van der Waals surface area contributed by atoms with E-state index in [4.69, 9.17) is 11.6 Å². The zero-order valence-electron chi connectivity index (χ0n) is 11.1. The number of hydrazine groups is 1. The molecular weight excluding hydrogens is 310 g/mol. The van der Waals surface area contributed by atoms with E-state index in [2.05, 4.69) is 15.8 Å². The van der Waals surface area contributed by atoms with Crippen LogP contribution in [0.25, 0.3) is 6.08 Å². The van der Waals surface area contributed by atoms with Gasteiger partial charge in [-0.15, -0.1) is 11.3 Å². The first-order valence-corrected chi connectivity index (χ1v) is 7.27. The monoisotopic (exact) mass is 321 g/mol. The number of aryl methyl sites for hydroxylation is 1. The van der Waals surface area contributed by atoms with Crippen molar-refractivity contribution in [3.05, 3.63) is 57.0 Å². The number of carbonyl (C=O) groups is 2. The quantitative estimate of drug-likeness (QED) is 0.674. The van der Waals surface area contributed by atoms with E-state index >= 15 is 0 Å². The van der Waals surface area contributed by atoms with Crippen molar-refractivity contribution in [2.45, 2.75) is 6.92 Å². The average Bonchev–Trinajstić information content (AvgIpc) is 2.89. The fraction of sp³-hybridized carbons (Fsp3) is 0.0714. The minimum absolute atomic E-state index is 0.290. The highest BCUT2D eigenvalue weighted by molar-refractivity contribution is 7.09. The number of benzene rings is 1. The zero-order chi connectivity index (χ0) is 15.2. The van der Waals surface area contributed by atoms with Gasteiger partial charge in [-0.1, -0.05) is 23.7 Å². The maximum atomic E-state index is 11.8. The van der Waals surface area contributed by atoms with Crippen molar-refractivity contribution >= 4 is 40.8 Å². The molecule has 0 spiro atoms. The summed E-state index contributed by atoms with van der Waals surface area (Å²) in [5.41, 5.74) is 5.56. The van der Waals surface area contributed by atoms with Crippen molar-refractivity contribution in [3.63, 3.8) is 0 Å². The summed E-state index contributed by atoms with van der Waals surface area (Å²) in [6, 6.07) is 6.57. The maximum absolute atomic E-state index is 11.8. The highest BCUT2D eigenvalue weighted by Crippen LogP contribution is 2.14. The Hall–Kier alpha value is -2.18. The SMILES string of the molecule is Cc1nc(/C=C/C(=O)NNC(=O)c2ccccc2Cl)cs1. The lowest BCUT2D eigenvalue weighted by molar-refractivity contribution is -0.117. The van der Waals surface area contributed by atoms with E-state index < -0.39 is 11.8 Å². The van der Waals surface area contributed by atoms with Gasteiger partial charge in [0, 0.05) is 11.5 Å². The minimum Gasteiger partial charge on any atom is -0.268 e. The van der Waals surface area contributed by atoms with E-state index in [1.54, 1.807) is 30.3 Å². The van der Waals surface area contributed by atoms with Crippen molar-refractivity contribution in [3.8, 4) is 0 Å². The number of thiazole rings is 1. The molecule has 5 nitrogen and oxygen atoms in total. The molecule has 0 unspecified atom stereocenters. The summed E-state index contributed by atoms with van der Waals surface area (Å²) in [6.07, 6.45) is 2.86. The van der Waals surface area contributed by atoms with Crippen LogP contribution in [0.5, 0.6) is 0 Å². The van der Waals surface area contributed by atoms with Gasteiger partial charge in [0.2, 0.25) is 0 Å². The van der Waals surface area contributed by atoms with Gasteiger partial charge in [0.1, 0.15) is 0 Å². The highest BCUT2D eigenvalue weighted by Gasteiger charge is 2.09. The second-order valence-corrected chi connectivity index (χ2v) is 5.52. The highest BCUT2D eigenvalue weighted by atomic mass is 35.5. The van der Waals surface area contributed by atoms with Crippen molar-refractivity contribution in [1.82, 2.24) is 15.8 Å². The molecule has 1 heterocycles. The van der Waals surface area contributed by atoms with Crippen molar-refractivity contribution in [2.75, 3.05) is 0 Å². The zero-order valence-corrected chi connectivity index (χ0v) is 12.7. The molecule has 7 heteroatoms. The molecule has 0 radical (unpaired) electrons. The molecule has 1 aromatic carbocycles. The predicted molar refractivity (Wildman–Crippen MR) is 82.9 cm³/mol. The summed E-state index contributed by atoms with van der Waals surface area (Å²) in [6.45, 7) is 1.88. The van der Waals surface area contributed by atoms with Gasteiger partial charge in [0.15, 0.2) is 0 Å². The third kappa shape index (κ3) is 4.40.